The van der Waals surface area contributed by atoms with E-state index in [2.05, 4.69) is 37.2 Å². The molecule has 0 bridgehead atoms. The van der Waals surface area contributed by atoms with Crippen LogP contribution < -0.4 is 10.2 Å². The molecule has 112 valence electrons. The first-order valence-corrected chi connectivity index (χ1v) is 7.28. The molecule has 7 nitrogen and oxygen atoms in total. The largest absolute Gasteiger partial charge is 0.467 e. The van der Waals surface area contributed by atoms with E-state index in [9.17, 15) is 0 Å². The molecule has 0 atom stereocenters. The van der Waals surface area contributed by atoms with Crippen LogP contribution in [0, 0.1) is 0 Å². The van der Waals surface area contributed by atoms with Gasteiger partial charge in [-0.1, -0.05) is 6.92 Å². The van der Waals surface area contributed by atoms with Gasteiger partial charge in [-0.05, 0) is 18.7 Å². The number of likely N-dealkylation sites (N-methyl/N-ethyl adjacent to an activating group) is 1. The smallest absolute Gasteiger partial charge is 0.247 e. The van der Waals surface area contributed by atoms with Gasteiger partial charge in [0, 0.05) is 26.2 Å². The standard InChI is InChI=1S/C14H20N6O/c1-2-19-5-7-20(8-6-19)14-17-13(11-16-18-14)15-10-12-4-3-9-21-12/h3-4,9,11H,2,5-8,10H2,1H3,(H,15,17,18). The van der Waals surface area contributed by atoms with E-state index in [1.54, 1.807) is 12.5 Å². The van der Waals surface area contributed by atoms with E-state index >= 15 is 0 Å². The summed E-state index contributed by atoms with van der Waals surface area (Å²) >= 11 is 0. The molecule has 21 heavy (non-hydrogen) atoms. The number of piperazine rings is 1. The Morgan fingerprint density at radius 2 is 2.14 bits per heavy atom. The van der Waals surface area contributed by atoms with Crippen LogP contribution in [0.4, 0.5) is 11.8 Å². The fourth-order valence-corrected chi connectivity index (χ4v) is 2.37. The average molecular weight is 288 g/mol. The predicted molar refractivity (Wildman–Crippen MR) is 80.2 cm³/mol. The molecular weight excluding hydrogens is 268 g/mol. The lowest BCUT2D eigenvalue weighted by atomic mass is 10.3. The zero-order chi connectivity index (χ0) is 14.5. The first-order chi connectivity index (χ1) is 10.3. The normalized spacial score (nSPS) is 16.1. The quantitative estimate of drug-likeness (QED) is 0.887. The van der Waals surface area contributed by atoms with Crippen molar-refractivity contribution in [1.29, 1.82) is 0 Å². The van der Waals surface area contributed by atoms with Crippen LogP contribution in [0.1, 0.15) is 12.7 Å². The van der Waals surface area contributed by atoms with Crippen molar-refractivity contribution < 1.29 is 4.42 Å². The van der Waals surface area contributed by atoms with Crippen LogP contribution in [-0.2, 0) is 6.54 Å². The number of furan rings is 1. The summed E-state index contributed by atoms with van der Waals surface area (Å²) in [6.07, 6.45) is 3.29. The van der Waals surface area contributed by atoms with E-state index < -0.39 is 0 Å². The van der Waals surface area contributed by atoms with Gasteiger partial charge in [-0.2, -0.15) is 10.1 Å². The minimum absolute atomic E-state index is 0.592. The van der Waals surface area contributed by atoms with Crippen LogP contribution in [0.5, 0.6) is 0 Å². The molecule has 3 heterocycles. The fraction of sp³-hybridized carbons (Fsp3) is 0.500. The van der Waals surface area contributed by atoms with E-state index in [0.29, 0.717) is 18.3 Å². The van der Waals surface area contributed by atoms with Crippen molar-refractivity contribution in [3.8, 4) is 0 Å². The Hall–Kier alpha value is -2.15. The third-order valence-electron chi connectivity index (χ3n) is 3.67. The van der Waals surface area contributed by atoms with E-state index in [1.165, 1.54) is 0 Å². The van der Waals surface area contributed by atoms with Gasteiger partial charge in [0.05, 0.1) is 19.0 Å². The highest BCUT2D eigenvalue weighted by Gasteiger charge is 2.18. The number of nitrogens with zero attached hydrogens (tertiary/aromatic N) is 5. The topological polar surface area (TPSA) is 70.3 Å². The monoisotopic (exact) mass is 288 g/mol. The Morgan fingerprint density at radius 1 is 1.29 bits per heavy atom. The Labute approximate surface area is 124 Å². The molecule has 2 aromatic heterocycles. The van der Waals surface area contributed by atoms with E-state index in [0.717, 1.165) is 38.5 Å². The Kier molecular flexibility index (Phi) is 4.30. The van der Waals surface area contributed by atoms with E-state index in [1.807, 2.05) is 12.1 Å². The second kappa shape index (κ2) is 6.53. The lowest BCUT2D eigenvalue weighted by molar-refractivity contribution is 0.269. The molecule has 0 aliphatic carbocycles. The molecule has 0 spiro atoms. The molecule has 1 fully saturated rings. The highest BCUT2D eigenvalue weighted by Crippen LogP contribution is 2.13. The van der Waals surface area contributed by atoms with Crippen LogP contribution >= 0.6 is 0 Å². The summed E-state index contributed by atoms with van der Waals surface area (Å²) in [5.74, 6) is 2.27. The third kappa shape index (κ3) is 3.49. The Morgan fingerprint density at radius 3 is 2.86 bits per heavy atom. The second-order valence-electron chi connectivity index (χ2n) is 5.00. The summed E-state index contributed by atoms with van der Waals surface area (Å²) in [4.78, 5) is 9.13. The summed E-state index contributed by atoms with van der Waals surface area (Å²) < 4.78 is 5.28. The summed E-state index contributed by atoms with van der Waals surface area (Å²) in [7, 11) is 0. The van der Waals surface area contributed by atoms with E-state index in [-0.39, 0.29) is 0 Å². The molecular formula is C14H20N6O. The number of hydrogen-bond donors (Lipinski definition) is 1. The lowest BCUT2D eigenvalue weighted by Crippen LogP contribution is -2.46. The summed E-state index contributed by atoms with van der Waals surface area (Å²) in [6.45, 7) is 7.85. The molecule has 1 saturated heterocycles. The van der Waals surface area contributed by atoms with Gasteiger partial charge in [0.15, 0.2) is 5.82 Å². The summed E-state index contributed by atoms with van der Waals surface area (Å²) in [6, 6.07) is 3.79. The highest BCUT2D eigenvalue weighted by molar-refractivity contribution is 5.39. The molecule has 0 amide bonds. The molecule has 0 saturated carbocycles. The molecule has 1 N–H and O–H groups in total. The summed E-state index contributed by atoms with van der Waals surface area (Å²) in [5, 5.41) is 11.4. The van der Waals surface area contributed by atoms with Crippen LogP contribution in [-0.4, -0.2) is 52.8 Å². The number of nitrogens with one attached hydrogen (secondary N) is 1. The van der Waals surface area contributed by atoms with Gasteiger partial charge in [0.25, 0.3) is 0 Å². The maximum Gasteiger partial charge on any atom is 0.247 e. The molecule has 3 rings (SSSR count). The SMILES string of the molecule is CCN1CCN(c2nncc(NCc3ccco3)n2)CC1. The molecule has 7 heteroatoms. The molecule has 2 aromatic rings. The van der Waals surface area contributed by atoms with Crippen LogP contribution in [0.2, 0.25) is 0 Å². The van der Waals surface area contributed by atoms with Gasteiger partial charge >= 0.3 is 0 Å². The molecule has 0 unspecified atom stereocenters. The zero-order valence-corrected chi connectivity index (χ0v) is 12.2. The van der Waals surface area contributed by atoms with Gasteiger partial charge < -0.3 is 19.5 Å². The van der Waals surface area contributed by atoms with Gasteiger partial charge in [-0.25, -0.2) is 0 Å². The van der Waals surface area contributed by atoms with Crippen LogP contribution in [0.25, 0.3) is 0 Å². The first-order valence-electron chi connectivity index (χ1n) is 7.28. The van der Waals surface area contributed by atoms with Crippen molar-refractivity contribution in [2.24, 2.45) is 0 Å². The minimum atomic E-state index is 0.592. The number of hydrogen-bond acceptors (Lipinski definition) is 7. The summed E-state index contributed by atoms with van der Waals surface area (Å²) in [5.41, 5.74) is 0. The Balaban J connectivity index is 1.60. The minimum Gasteiger partial charge on any atom is -0.467 e. The van der Waals surface area contributed by atoms with Gasteiger partial charge in [-0.3, -0.25) is 0 Å². The van der Waals surface area contributed by atoms with Crippen LogP contribution in [0.15, 0.2) is 29.0 Å². The lowest BCUT2D eigenvalue weighted by Gasteiger charge is -2.33. The molecule has 0 aromatic carbocycles. The van der Waals surface area contributed by atoms with Gasteiger partial charge in [0.2, 0.25) is 5.95 Å². The molecule has 1 aliphatic rings. The van der Waals surface area contributed by atoms with Crippen molar-refractivity contribution in [2.45, 2.75) is 13.5 Å². The third-order valence-corrected chi connectivity index (χ3v) is 3.67. The average Bonchev–Trinajstić information content (AvgIpc) is 3.07. The van der Waals surface area contributed by atoms with Gasteiger partial charge in [0.1, 0.15) is 5.76 Å². The maximum absolute atomic E-state index is 5.28. The van der Waals surface area contributed by atoms with Crippen LogP contribution in [0.3, 0.4) is 0 Å². The van der Waals surface area contributed by atoms with Crippen molar-refractivity contribution >= 4 is 11.8 Å². The highest BCUT2D eigenvalue weighted by atomic mass is 16.3. The maximum atomic E-state index is 5.28. The van der Waals surface area contributed by atoms with Gasteiger partial charge in [-0.15, -0.1) is 5.10 Å². The predicted octanol–water partition coefficient (Wildman–Crippen LogP) is 1.22. The first kappa shape index (κ1) is 13.8. The number of rotatable bonds is 5. The van der Waals surface area contributed by atoms with Crippen molar-refractivity contribution in [3.63, 3.8) is 0 Å². The number of anilines is 2. The fourth-order valence-electron chi connectivity index (χ4n) is 2.37. The van der Waals surface area contributed by atoms with E-state index in [4.69, 9.17) is 4.42 Å². The second-order valence-corrected chi connectivity index (χ2v) is 5.00. The van der Waals surface area contributed by atoms with Crippen molar-refractivity contribution in [3.05, 3.63) is 30.4 Å². The molecule has 0 radical (unpaired) electrons. The molecule has 1 aliphatic heterocycles. The number of aromatic nitrogens is 3. The zero-order valence-electron chi connectivity index (χ0n) is 12.2. The van der Waals surface area contributed by atoms with Crippen molar-refractivity contribution in [1.82, 2.24) is 20.1 Å². The Bertz CT molecular complexity index is 550. The van der Waals surface area contributed by atoms with Crippen molar-refractivity contribution in [2.75, 3.05) is 42.9 Å².